The van der Waals surface area contributed by atoms with Crippen molar-refractivity contribution in [1.82, 2.24) is 0 Å². The Morgan fingerprint density at radius 1 is 1.39 bits per heavy atom. The highest BCUT2D eigenvalue weighted by molar-refractivity contribution is 6.30. The monoisotopic (exact) mass is 270 g/mol. The Morgan fingerprint density at radius 3 is 2.72 bits per heavy atom. The number of carboxylic acids is 1. The first kappa shape index (κ1) is 13.3. The van der Waals surface area contributed by atoms with Crippen molar-refractivity contribution in [2.24, 2.45) is 0 Å². The molecule has 0 aromatic heterocycles. The third-order valence-corrected chi connectivity index (χ3v) is 3.12. The number of hydrogen-bond donors (Lipinski definition) is 1. The van der Waals surface area contributed by atoms with Crippen LogP contribution in [0.1, 0.15) is 18.4 Å². The van der Waals surface area contributed by atoms with E-state index in [-0.39, 0.29) is 6.10 Å². The summed E-state index contributed by atoms with van der Waals surface area (Å²) in [5.74, 6) is -0.893. The van der Waals surface area contributed by atoms with E-state index in [0.717, 1.165) is 12.0 Å². The maximum Gasteiger partial charge on any atom is 0.332 e. The molecule has 1 aromatic rings. The van der Waals surface area contributed by atoms with Crippen molar-refractivity contribution in [2.75, 3.05) is 6.61 Å². The summed E-state index contributed by atoms with van der Waals surface area (Å²) in [4.78, 5) is 10.7. The van der Waals surface area contributed by atoms with Gasteiger partial charge < -0.3 is 14.6 Å². The Balaban J connectivity index is 1.70. The van der Waals surface area contributed by atoms with Crippen molar-refractivity contribution in [3.63, 3.8) is 0 Å². The molecule has 1 aliphatic rings. The van der Waals surface area contributed by atoms with Gasteiger partial charge in [-0.25, -0.2) is 4.79 Å². The molecule has 0 saturated carbocycles. The highest BCUT2D eigenvalue weighted by Gasteiger charge is 2.30. The Labute approximate surface area is 110 Å². The third-order valence-electron chi connectivity index (χ3n) is 2.87. The standard InChI is InChI=1S/C13H15ClO4/c14-10-3-1-9(2-4-10)7-17-8-11-5-6-12(18-11)13(15)16/h1-4,11-12H,5-8H2,(H,15,16). The molecule has 2 rings (SSSR count). The zero-order valence-electron chi connectivity index (χ0n) is 9.84. The fraction of sp³-hybridized carbons (Fsp3) is 0.462. The first-order chi connectivity index (χ1) is 8.65. The Kier molecular flexibility index (Phi) is 4.58. The lowest BCUT2D eigenvalue weighted by Gasteiger charge is -2.11. The molecule has 0 spiro atoms. The molecule has 1 N–H and O–H groups in total. The van der Waals surface area contributed by atoms with Gasteiger partial charge in [0.25, 0.3) is 0 Å². The van der Waals surface area contributed by atoms with Crippen LogP contribution in [0.25, 0.3) is 0 Å². The maximum absolute atomic E-state index is 10.7. The van der Waals surface area contributed by atoms with E-state index in [1.165, 1.54) is 0 Å². The van der Waals surface area contributed by atoms with Crippen molar-refractivity contribution in [3.8, 4) is 0 Å². The maximum atomic E-state index is 10.7. The molecular formula is C13H15ClO4. The van der Waals surface area contributed by atoms with Crippen molar-refractivity contribution in [2.45, 2.75) is 31.7 Å². The molecule has 0 radical (unpaired) electrons. The number of hydrogen-bond acceptors (Lipinski definition) is 3. The average molecular weight is 271 g/mol. The molecule has 98 valence electrons. The minimum Gasteiger partial charge on any atom is -0.479 e. The van der Waals surface area contributed by atoms with Gasteiger partial charge in [-0.3, -0.25) is 0 Å². The minimum atomic E-state index is -0.893. The molecule has 0 bridgehead atoms. The summed E-state index contributed by atoms with van der Waals surface area (Å²) < 4.78 is 10.8. The SMILES string of the molecule is O=C(O)C1CCC(COCc2ccc(Cl)cc2)O1. The Bertz CT molecular complexity index is 404. The summed E-state index contributed by atoms with van der Waals surface area (Å²) in [5, 5.41) is 9.48. The van der Waals surface area contributed by atoms with Crippen LogP contribution in [0.4, 0.5) is 0 Å². The second kappa shape index (κ2) is 6.18. The summed E-state index contributed by atoms with van der Waals surface area (Å²) in [6, 6.07) is 7.43. The van der Waals surface area contributed by atoms with Gasteiger partial charge in [-0.1, -0.05) is 23.7 Å². The van der Waals surface area contributed by atoms with Crippen LogP contribution in [0.3, 0.4) is 0 Å². The van der Waals surface area contributed by atoms with Gasteiger partial charge in [-0.05, 0) is 30.5 Å². The van der Waals surface area contributed by atoms with Gasteiger partial charge >= 0.3 is 5.97 Å². The van der Waals surface area contributed by atoms with Crippen LogP contribution >= 0.6 is 11.6 Å². The molecule has 5 heteroatoms. The lowest BCUT2D eigenvalue weighted by atomic mass is 10.2. The van der Waals surface area contributed by atoms with E-state index in [1.54, 1.807) is 0 Å². The average Bonchev–Trinajstić information content (AvgIpc) is 2.81. The summed E-state index contributed by atoms with van der Waals surface area (Å²) in [5.41, 5.74) is 1.03. The van der Waals surface area contributed by atoms with E-state index in [4.69, 9.17) is 26.2 Å². The number of aliphatic carboxylic acids is 1. The van der Waals surface area contributed by atoms with Crippen LogP contribution in [-0.2, 0) is 20.9 Å². The molecule has 4 nitrogen and oxygen atoms in total. The van der Waals surface area contributed by atoms with Crippen molar-refractivity contribution >= 4 is 17.6 Å². The normalized spacial score (nSPS) is 23.2. The Hall–Kier alpha value is -1.10. The number of rotatable bonds is 5. The predicted molar refractivity (Wildman–Crippen MR) is 66.6 cm³/mol. The molecule has 0 amide bonds. The van der Waals surface area contributed by atoms with Gasteiger partial charge in [0.2, 0.25) is 0 Å². The van der Waals surface area contributed by atoms with E-state index in [2.05, 4.69) is 0 Å². The van der Waals surface area contributed by atoms with Crippen LogP contribution < -0.4 is 0 Å². The number of carboxylic acid groups (broad SMARTS) is 1. The highest BCUT2D eigenvalue weighted by Crippen LogP contribution is 2.20. The smallest absolute Gasteiger partial charge is 0.332 e. The lowest BCUT2D eigenvalue weighted by Crippen LogP contribution is -2.22. The van der Waals surface area contributed by atoms with Crippen molar-refractivity contribution in [1.29, 1.82) is 0 Å². The molecule has 0 aliphatic carbocycles. The zero-order valence-corrected chi connectivity index (χ0v) is 10.6. The summed E-state index contributed by atoms with van der Waals surface area (Å²) in [7, 11) is 0. The highest BCUT2D eigenvalue weighted by atomic mass is 35.5. The molecular weight excluding hydrogens is 256 g/mol. The molecule has 2 atom stereocenters. The molecule has 1 aromatic carbocycles. The van der Waals surface area contributed by atoms with Crippen LogP contribution in [-0.4, -0.2) is 29.9 Å². The number of benzene rings is 1. The van der Waals surface area contributed by atoms with Crippen LogP contribution in [0.2, 0.25) is 5.02 Å². The van der Waals surface area contributed by atoms with Crippen LogP contribution in [0.5, 0.6) is 0 Å². The molecule has 2 unspecified atom stereocenters. The molecule has 1 saturated heterocycles. The Morgan fingerprint density at radius 2 is 2.11 bits per heavy atom. The molecule has 18 heavy (non-hydrogen) atoms. The second-order valence-corrected chi connectivity index (χ2v) is 4.74. The largest absolute Gasteiger partial charge is 0.479 e. The summed E-state index contributed by atoms with van der Waals surface area (Å²) >= 11 is 5.78. The van der Waals surface area contributed by atoms with Gasteiger partial charge in [0.05, 0.1) is 19.3 Å². The fourth-order valence-corrected chi connectivity index (χ4v) is 2.02. The van der Waals surface area contributed by atoms with Crippen molar-refractivity contribution in [3.05, 3.63) is 34.9 Å². The zero-order chi connectivity index (χ0) is 13.0. The molecule has 1 heterocycles. The number of ether oxygens (including phenoxy) is 2. The van der Waals surface area contributed by atoms with E-state index >= 15 is 0 Å². The number of carbonyl (C=O) groups is 1. The number of halogens is 1. The van der Waals surface area contributed by atoms with Crippen LogP contribution in [0.15, 0.2) is 24.3 Å². The topological polar surface area (TPSA) is 55.8 Å². The van der Waals surface area contributed by atoms with Gasteiger partial charge in [-0.15, -0.1) is 0 Å². The van der Waals surface area contributed by atoms with E-state index in [0.29, 0.717) is 24.7 Å². The lowest BCUT2D eigenvalue weighted by molar-refractivity contribution is -0.150. The first-order valence-corrected chi connectivity index (χ1v) is 6.23. The van der Waals surface area contributed by atoms with Gasteiger partial charge in [0.1, 0.15) is 0 Å². The van der Waals surface area contributed by atoms with Crippen molar-refractivity contribution < 1.29 is 19.4 Å². The van der Waals surface area contributed by atoms with E-state index in [1.807, 2.05) is 24.3 Å². The van der Waals surface area contributed by atoms with Crippen LogP contribution in [0, 0.1) is 0 Å². The third kappa shape index (κ3) is 3.70. The minimum absolute atomic E-state index is 0.113. The molecule has 1 fully saturated rings. The second-order valence-electron chi connectivity index (χ2n) is 4.30. The quantitative estimate of drug-likeness (QED) is 0.893. The van der Waals surface area contributed by atoms with E-state index in [9.17, 15) is 4.79 Å². The summed E-state index contributed by atoms with van der Waals surface area (Å²) in [6.07, 6.45) is 0.509. The predicted octanol–water partition coefficient (Wildman–Crippen LogP) is 2.49. The first-order valence-electron chi connectivity index (χ1n) is 5.85. The summed E-state index contributed by atoms with van der Waals surface area (Å²) in [6.45, 7) is 0.904. The van der Waals surface area contributed by atoms with Gasteiger partial charge in [0.15, 0.2) is 6.10 Å². The van der Waals surface area contributed by atoms with Gasteiger partial charge in [0, 0.05) is 5.02 Å². The molecule has 1 aliphatic heterocycles. The van der Waals surface area contributed by atoms with Gasteiger partial charge in [-0.2, -0.15) is 0 Å². The fourth-order valence-electron chi connectivity index (χ4n) is 1.90. The van der Waals surface area contributed by atoms with E-state index < -0.39 is 12.1 Å².